The summed E-state index contributed by atoms with van der Waals surface area (Å²) < 4.78 is 37.5. The quantitative estimate of drug-likeness (QED) is 0.779. The van der Waals surface area contributed by atoms with Crippen LogP contribution in [0.3, 0.4) is 0 Å². The van der Waals surface area contributed by atoms with Gasteiger partial charge in [-0.1, -0.05) is 6.07 Å². The molecule has 1 aromatic carbocycles. The van der Waals surface area contributed by atoms with E-state index < -0.39 is 15.8 Å². The lowest BCUT2D eigenvalue weighted by atomic mass is 10.0. The maximum atomic E-state index is 12.9. The molecule has 7 nitrogen and oxygen atoms in total. The number of hydrogen-bond donors (Lipinski definition) is 0. The molecule has 1 amide bonds. The van der Waals surface area contributed by atoms with Crippen LogP contribution >= 0.6 is 0 Å². The molecule has 3 saturated heterocycles. The lowest BCUT2D eigenvalue weighted by molar-refractivity contribution is -0.181. The zero-order valence-corrected chi connectivity index (χ0v) is 15.5. The minimum atomic E-state index is -3.28. The Kier molecular flexibility index (Phi) is 4.66. The highest BCUT2D eigenvalue weighted by molar-refractivity contribution is 7.92. The number of ether oxygens (including phenoxy) is 2. The maximum Gasteiger partial charge on any atom is 0.253 e. The van der Waals surface area contributed by atoms with Crippen molar-refractivity contribution in [2.45, 2.75) is 31.5 Å². The van der Waals surface area contributed by atoms with Crippen molar-refractivity contribution in [3.8, 4) is 0 Å². The van der Waals surface area contributed by atoms with Crippen LogP contribution in [0.15, 0.2) is 24.3 Å². The van der Waals surface area contributed by atoms with Gasteiger partial charge in [-0.15, -0.1) is 0 Å². The molecule has 3 fully saturated rings. The highest BCUT2D eigenvalue weighted by atomic mass is 32.2. The number of nitrogens with zero attached hydrogens (tertiary/aromatic N) is 2. The van der Waals surface area contributed by atoms with Crippen LogP contribution in [0.5, 0.6) is 0 Å². The van der Waals surface area contributed by atoms with Gasteiger partial charge in [0, 0.05) is 38.0 Å². The Balaban J connectivity index is 1.49. The summed E-state index contributed by atoms with van der Waals surface area (Å²) in [6, 6.07) is 6.94. The first-order chi connectivity index (χ1) is 12.5. The zero-order chi connectivity index (χ0) is 18.2. The second-order valence-corrected chi connectivity index (χ2v) is 9.06. The first-order valence-corrected chi connectivity index (χ1v) is 10.8. The number of carbonyl (C=O) groups excluding carboxylic acids is 1. The van der Waals surface area contributed by atoms with Crippen molar-refractivity contribution in [1.82, 2.24) is 4.90 Å². The molecule has 142 valence electrons. The lowest BCUT2D eigenvalue weighted by Gasteiger charge is -2.37. The SMILES string of the molecule is O=C(c1cccc(N2CCCCS2(=O)=O)c1)N1CCC2(CC1)OCCO2. The molecule has 0 radical (unpaired) electrons. The van der Waals surface area contributed by atoms with Gasteiger partial charge in [-0.25, -0.2) is 8.42 Å². The van der Waals surface area contributed by atoms with E-state index in [0.29, 0.717) is 63.4 Å². The summed E-state index contributed by atoms with van der Waals surface area (Å²) >= 11 is 0. The molecule has 0 aromatic heterocycles. The van der Waals surface area contributed by atoms with Crippen LogP contribution in [0, 0.1) is 0 Å². The van der Waals surface area contributed by atoms with Crippen molar-refractivity contribution in [3.05, 3.63) is 29.8 Å². The fourth-order valence-corrected chi connectivity index (χ4v) is 5.52. The molecule has 0 aliphatic carbocycles. The second-order valence-electron chi connectivity index (χ2n) is 7.05. The molecule has 0 unspecified atom stereocenters. The molecule has 26 heavy (non-hydrogen) atoms. The summed E-state index contributed by atoms with van der Waals surface area (Å²) in [7, 11) is -3.28. The number of sulfonamides is 1. The third kappa shape index (κ3) is 3.33. The van der Waals surface area contributed by atoms with E-state index in [4.69, 9.17) is 9.47 Å². The Morgan fingerprint density at radius 3 is 2.46 bits per heavy atom. The monoisotopic (exact) mass is 380 g/mol. The van der Waals surface area contributed by atoms with E-state index in [1.54, 1.807) is 29.2 Å². The fourth-order valence-electron chi connectivity index (χ4n) is 3.89. The highest BCUT2D eigenvalue weighted by Gasteiger charge is 2.41. The predicted molar refractivity (Wildman–Crippen MR) is 96.6 cm³/mol. The zero-order valence-electron chi connectivity index (χ0n) is 14.7. The van der Waals surface area contributed by atoms with Crippen LogP contribution in [-0.2, 0) is 19.5 Å². The molecule has 4 rings (SSSR count). The molecule has 1 spiro atoms. The van der Waals surface area contributed by atoms with Gasteiger partial charge in [0.05, 0.1) is 24.7 Å². The summed E-state index contributed by atoms with van der Waals surface area (Å²) in [6.45, 7) is 2.84. The summed E-state index contributed by atoms with van der Waals surface area (Å²) in [5.74, 6) is -0.422. The average Bonchev–Trinajstić information content (AvgIpc) is 3.09. The minimum Gasteiger partial charge on any atom is -0.347 e. The topological polar surface area (TPSA) is 76.2 Å². The first kappa shape index (κ1) is 17.8. The number of rotatable bonds is 2. The lowest BCUT2D eigenvalue weighted by Crippen LogP contribution is -2.47. The smallest absolute Gasteiger partial charge is 0.253 e. The molecule has 0 saturated carbocycles. The third-order valence-electron chi connectivity index (χ3n) is 5.36. The summed E-state index contributed by atoms with van der Waals surface area (Å²) in [6.07, 6.45) is 2.86. The number of anilines is 1. The predicted octanol–water partition coefficient (Wildman–Crippen LogP) is 1.60. The van der Waals surface area contributed by atoms with Crippen LogP contribution in [0.1, 0.15) is 36.0 Å². The van der Waals surface area contributed by atoms with Gasteiger partial charge in [0.15, 0.2) is 5.79 Å². The largest absolute Gasteiger partial charge is 0.347 e. The van der Waals surface area contributed by atoms with Crippen LogP contribution in [0.25, 0.3) is 0 Å². The summed E-state index contributed by atoms with van der Waals surface area (Å²) in [5.41, 5.74) is 1.10. The highest BCUT2D eigenvalue weighted by Crippen LogP contribution is 2.32. The van der Waals surface area contributed by atoms with E-state index in [2.05, 4.69) is 0 Å². The molecule has 0 N–H and O–H groups in total. The molecule has 0 bridgehead atoms. The van der Waals surface area contributed by atoms with Crippen molar-refractivity contribution in [2.24, 2.45) is 0 Å². The Labute approximate surface area is 153 Å². The molecule has 0 atom stereocenters. The van der Waals surface area contributed by atoms with Gasteiger partial charge >= 0.3 is 0 Å². The Bertz CT molecular complexity index is 779. The number of amides is 1. The van der Waals surface area contributed by atoms with Crippen molar-refractivity contribution >= 4 is 21.6 Å². The molecular weight excluding hydrogens is 356 g/mol. The van der Waals surface area contributed by atoms with Crippen molar-refractivity contribution in [2.75, 3.05) is 42.9 Å². The molecule has 8 heteroatoms. The number of piperidine rings is 1. The van der Waals surface area contributed by atoms with E-state index in [-0.39, 0.29) is 11.7 Å². The Morgan fingerprint density at radius 1 is 1.04 bits per heavy atom. The maximum absolute atomic E-state index is 12.9. The molecule has 1 aromatic rings. The number of hydrogen-bond acceptors (Lipinski definition) is 5. The van der Waals surface area contributed by atoms with Crippen molar-refractivity contribution in [3.63, 3.8) is 0 Å². The summed E-state index contributed by atoms with van der Waals surface area (Å²) in [4.78, 5) is 14.7. The van der Waals surface area contributed by atoms with E-state index >= 15 is 0 Å². The number of likely N-dealkylation sites (tertiary alicyclic amines) is 1. The van der Waals surface area contributed by atoms with Crippen LogP contribution in [-0.4, -0.2) is 63.6 Å². The number of carbonyl (C=O) groups is 1. The standard InChI is InChI=1S/C18H24N2O5S/c21-17(19-9-6-18(7-10-19)24-11-12-25-18)15-4-3-5-16(14-15)20-8-1-2-13-26(20,22)23/h3-5,14H,1-2,6-13H2. The Hall–Kier alpha value is -1.64. The molecule has 3 aliphatic heterocycles. The van der Waals surface area contributed by atoms with Crippen molar-refractivity contribution < 1.29 is 22.7 Å². The first-order valence-electron chi connectivity index (χ1n) is 9.17. The van der Waals surface area contributed by atoms with Gasteiger partial charge in [-0.2, -0.15) is 0 Å². The fraction of sp³-hybridized carbons (Fsp3) is 0.611. The van der Waals surface area contributed by atoms with Gasteiger partial charge in [0.2, 0.25) is 10.0 Å². The van der Waals surface area contributed by atoms with E-state index in [1.165, 1.54) is 4.31 Å². The summed E-state index contributed by atoms with van der Waals surface area (Å²) in [5, 5.41) is 0. The van der Waals surface area contributed by atoms with Gasteiger partial charge in [-0.3, -0.25) is 9.10 Å². The van der Waals surface area contributed by atoms with Crippen LogP contribution < -0.4 is 4.31 Å². The van der Waals surface area contributed by atoms with Gasteiger partial charge in [0.1, 0.15) is 0 Å². The second kappa shape index (κ2) is 6.83. The minimum absolute atomic E-state index is 0.0749. The van der Waals surface area contributed by atoms with Gasteiger partial charge in [0.25, 0.3) is 5.91 Å². The van der Waals surface area contributed by atoms with Gasteiger partial charge in [-0.05, 0) is 31.0 Å². The van der Waals surface area contributed by atoms with E-state index in [1.807, 2.05) is 0 Å². The van der Waals surface area contributed by atoms with Crippen LogP contribution in [0.2, 0.25) is 0 Å². The van der Waals surface area contributed by atoms with Crippen molar-refractivity contribution in [1.29, 1.82) is 0 Å². The Morgan fingerprint density at radius 2 is 1.77 bits per heavy atom. The average molecular weight is 380 g/mol. The van der Waals surface area contributed by atoms with Gasteiger partial charge < -0.3 is 14.4 Å². The van der Waals surface area contributed by atoms with E-state index in [0.717, 1.165) is 6.42 Å². The van der Waals surface area contributed by atoms with Crippen LogP contribution in [0.4, 0.5) is 5.69 Å². The normalized spacial score (nSPS) is 24.8. The van der Waals surface area contributed by atoms with E-state index in [9.17, 15) is 13.2 Å². The molecular formula is C18H24N2O5S. The number of benzene rings is 1. The third-order valence-corrected chi connectivity index (χ3v) is 7.23. The molecule has 3 aliphatic rings. The molecule has 3 heterocycles.